The maximum atomic E-state index is 9.09. The molecule has 0 spiro atoms. The van der Waals surface area contributed by atoms with E-state index in [0.29, 0.717) is 16.8 Å². The molecule has 3 nitrogen and oxygen atoms in total. The van der Waals surface area contributed by atoms with Gasteiger partial charge in [0.15, 0.2) is 0 Å². The van der Waals surface area contributed by atoms with E-state index in [-0.39, 0.29) is 0 Å². The van der Waals surface area contributed by atoms with Gasteiger partial charge in [-0.3, -0.25) is 0 Å². The van der Waals surface area contributed by atoms with Gasteiger partial charge in [-0.05, 0) is 43.5 Å². The molecule has 3 rings (SSSR count). The second kappa shape index (κ2) is 5.15. The summed E-state index contributed by atoms with van der Waals surface area (Å²) in [6, 6.07) is 14.2. The van der Waals surface area contributed by atoms with E-state index in [4.69, 9.17) is 16.9 Å². The summed E-state index contributed by atoms with van der Waals surface area (Å²) in [7, 11) is 0. The smallest absolute Gasteiger partial charge is 0.136 e. The molecule has 2 heterocycles. The van der Waals surface area contributed by atoms with Crippen molar-refractivity contribution in [2.45, 2.75) is 25.8 Å². The predicted octanol–water partition coefficient (Wildman–Crippen LogP) is 4.08. The van der Waals surface area contributed by atoms with E-state index in [9.17, 15) is 0 Å². The van der Waals surface area contributed by atoms with Crippen LogP contribution in [0.4, 0.5) is 11.5 Å². The molecule has 0 amide bonds. The first-order valence-electron chi connectivity index (χ1n) is 6.64. The number of aryl methyl sites for hydroxylation is 1. The van der Waals surface area contributed by atoms with Gasteiger partial charge in [-0.25, -0.2) is 4.98 Å². The Morgan fingerprint density at radius 2 is 2.15 bits per heavy atom. The molecule has 100 valence electrons. The summed E-state index contributed by atoms with van der Waals surface area (Å²) in [6.45, 7) is 2.17. The van der Waals surface area contributed by atoms with Crippen molar-refractivity contribution in [3.63, 3.8) is 0 Å². The van der Waals surface area contributed by atoms with Crippen LogP contribution in [-0.2, 0) is 6.42 Å². The Hall–Kier alpha value is -2.05. The average Bonchev–Trinajstić information content (AvgIpc) is 2.46. The minimum atomic E-state index is 0.336. The number of fused-ring (bicyclic) bond motifs is 1. The quantitative estimate of drug-likeness (QED) is 0.740. The first kappa shape index (κ1) is 13.0. The highest BCUT2D eigenvalue weighted by Crippen LogP contribution is 2.36. The summed E-state index contributed by atoms with van der Waals surface area (Å²) < 4.78 is 0. The number of anilines is 2. The summed E-state index contributed by atoms with van der Waals surface area (Å²) >= 11 is 6.03. The molecule has 1 aliphatic rings. The number of hydrogen-bond donors (Lipinski definition) is 0. The monoisotopic (exact) mass is 283 g/mol. The van der Waals surface area contributed by atoms with Crippen LogP contribution in [-0.4, -0.2) is 11.0 Å². The van der Waals surface area contributed by atoms with Crippen LogP contribution >= 0.6 is 11.6 Å². The SMILES string of the molecule is CC1CCc2ccccc2N1c1cc(C#N)cc(Cl)n1. The van der Waals surface area contributed by atoms with Gasteiger partial charge >= 0.3 is 0 Å². The van der Waals surface area contributed by atoms with Crippen molar-refractivity contribution < 1.29 is 0 Å². The van der Waals surface area contributed by atoms with Crippen LogP contribution in [0.2, 0.25) is 5.15 Å². The average molecular weight is 284 g/mol. The summed E-state index contributed by atoms with van der Waals surface area (Å²) in [5.74, 6) is 0.744. The number of aromatic nitrogens is 1. The maximum absolute atomic E-state index is 9.09. The van der Waals surface area contributed by atoms with Gasteiger partial charge < -0.3 is 4.90 Å². The largest absolute Gasteiger partial charge is 0.323 e. The molecule has 4 heteroatoms. The lowest BCUT2D eigenvalue weighted by atomic mass is 9.96. The summed E-state index contributed by atoms with van der Waals surface area (Å²) in [6.07, 6.45) is 2.13. The van der Waals surface area contributed by atoms with Crippen LogP contribution in [0, 0.1) is 11.3 Å². The van der Waals surface area contributed by atoms with Crippen LogP contribution in [0.1, 0.15) is 24.5 Å². The van der Waals surface area contributed by atoms with Gasteiger partial charge in [0.1, 0.15) is 11.0 Å². The Bertz CT molecular complexity index is 690. The van der Waals surface area contributed by atoms with Gasteiger partial charge in [-0.15, -0.1) is 0 Å². The van der Waals surface area contributed by atoms with E-state index in [1.165, 1.54) is 5.56 Å². The van der Waals surface area contributed by atoms with E-state index in [1.807, 2.05) is 6.07 Å². The topological polar surface area (TPSA) is 39.9 Å². The number of nitrogens with zero attached hydrogens (tertiary/aromatic N) is 3. The minimum absolute atomic E-state index is 0.336. The van der Waals surface area contributed by atoms with Gasteiger partial charge in [0.05, 0.1) is 11.6 Å². The third kappa shape index (κ3) is 2.23. The number of benzene rings is 1. The predicted molar refractivity (Wildman–Crippen MR) is 80.3 cm³/mol. The molecule has 2 aromatic rings. The number of nitriles is 1. The molecule has 1 aliphatic heterocycles. The molecular formula is C16H14ClN3. The normalized spacial score (nSPS) is 17.4. The summed E-state index contributed by atoms with van der Waals surface area (Å²) in [5.41, 5.74) is 3.01. The molecule has 0 fully saturated rings. The highest BCUT2D eigenvalue weighted by Gasteiger charge is 2.25. The molecule has 1 unspecified atom stereocenters. The highest BCUT2D eigenvalue weighted by atomic mass is 35.5. The lowest BCUT2D eigenvalue weighted by Crippen LogP contribution is -2.33. The zero-order valence-corrected chi connectivity index (χ0v) is 11.9. The van der Waals surface area contributed by atoms with E-state index in [0.717, 1.165) is 24.3 Å². The first-order valence-corrected chi connectivity index (χ1v) is 7.01. The number of halogens is 1. The molecule has 0 bridgehead atoms. The van der Waals surface area contributed by atoms with Crippen molar-refractivity contribution in [2.24, 2.45) is 0 Å². The Morgan fingerprint density at radius 1 is 1.35 bits per heavy atom. The van der Waals surface area contributed by atoms with Gasteiger partial charge in [0, 0.05) is 11.7 Å². The Morgan fingerprint density at radius 3 is 2.95 bits per heavy atom. The van der Waals surface area contributed by atoms with E-state index in [2.05, 4.69) is 41.1 Å². The molecule has 0 N–H and O–H groups in total. The maximum Gasteiger partial charge on any atom is 0.136 e. The Labute approximate surface area is 123 Å². The van der Waals surface area contributed by atoms with Crippen LogP contribution in [0.25, 0.3) is 0 Å². The minimum Gasteiger partial charge on any atom is -0.323 e. The zero-order valence-electron chi connectivity index (χ0n) is 11.2. The van der Waals surface area contributed by atoms with E-state index < -0.39 is 0 Å². The van der Waals surface area contributed by atoms with E-state index in [1.54, 1.807) is 12.1 Å². The molecule has 0 saturated carbocycles. The fourth-order valence-electron chi connectivity index (χ4n) is 2.71. The molecule has 20 heavy (non-hydrogen) atoms. The number of hydrogen-bond acceptors (Lipinski definition) is 3. The molecule has 0 saturated heterocycles. The van der Waals surface area contributed by atoms with Crippen LogP contribution in [0.3, 0.4) is 0 Å². The first-order chi connectivity index (χ1) is 9.69. The molecule has 1 atom stereocenters. The molecule has 0 radical (unpaired) electrons. The van der Waals surface area contributed by atoms with Crippen LogP contribution in [0.5, 0.6) is 0 Å². The zero-order chi connectivity index (χ0) is 14.1. The highest BCUT2D eigenvalue weighted by molar-refractivity contribution is 6.29. The Kier molecular flexibility index (Phi) is 3.33. The molecule has 0 aliphatic carbocycles. The molecule has 1 aromatic carbocycles. The van der Waals surface area contributed by atoms with Crippen molar-refractivity contribution in [2.75, 3.05) is 4.90 Å². The fraction of sp³-hybridized carbons (Fsp3) is 0.250. The number of pyridine rings is 1. The number of rotatable bonds is 1. The summed E-state index contributed by atoms with van der Waals surface area (Å²) in [5, 5.41) is 9.45. The third-order valence-electron chi connectivity index (χ3n) is 3.68. The van der Waals surface area contributed by atoms with Crippen molar-refractivity contribution in [3.05, 3.63) is 52.7 Å². The van der Waals surface area contributed by atoms with Gasteiger partial charge in [0.2, 0.25) is 0 Å². The van der Waals surface area contributed by atoms with Crippen molar-refractivity contribution >= 4 is 23.1 Å². The van der Waals surface area contributed by atoms with Crippen LogP contribution < -0.4 is 4.90 Å². The lowest BCUT2D eigenvalue weighted by Gasteiger charge is -2.36. The second-order valence-corrected chi connectivity index (χ2v) is 5.42. The second-order valence-electron chi connectivity index (χ2n) is 5.03. The van der Waals surface area contributed by atoms with Crippen molar-refractivity contribution in [3.8, 4) is 6.07 Å². The summed E-state index contributed by atoms with van der Waals surface area (Å²) in [4.78, 5) is 6.57. The van der Waals surface area contributed by atoms with Crippen molar-refractivity contribution in [1.82, 2.24) is 4.98 Å². The van der Waals surface area contributed by atoms with Gasteiger partial charge in [-0.1, -0.05) is 29.8 Å². The van der Waals surface area contributed by atoms with Gasteiger partial charge in [0.25, 0.3) is 0 Å². The van der Waals surface area contributed by atoms with Crippen LogP contribution in [0.15, 0.2) is 36.4 Å². The standard InChI is InChI=1S/C16H14ClN3/c1-11-6-7-13-4-2-3-5-14(13)20(11)16-9-12(10-18)8-15(17)19-16/h2-5,8-9,11H,6-7H2,1H3. The fourth-order valence-corrected chi connectivity index (χ4v) is 2.91. The lowest BCUT2D eigenvalue weighted by molar-refractivity contribution is 0.613. The Balaban J connectivity index is 2.14. The van der Waals surface area contributed by atoms with Gasteiger partial charge in [-0.2, -0.15) is 5.26 Å². The number of para-hydroxylation sites is 1. The third-order valence-corrected chi connectivity index (χ3v) is 3.87. The molecule has 1 aromatic heterocycles. The van der Waals surface area contributed by atoms with Crippen molar-refractivity contribution in [1.29, 1.82) is 5.26 Å². The van der Waals surface area contributed by atoms with E-state index >= 15 is 0 Å². The molecular weight excluding hydrogens is 270 g/mol.